The molecule has 0 aliphatic heterocycles. The maximum absolute atomic E-state index is 10.8. The van der Waals surface area contributed by atoms with Gasteiger partial charge in [0, 0.05) is 20.8 Å². The predicted octanol–water partition coefficient (Wildman–Crippen LogP) is 4.83. The van der Waals surface area contributed by atoms with Gasteiger partial charge in [-0.25, -0.2) is 0 Å². The molecule has 3 nitrogen and oxygen atoms in total. The summed E-state index contributed by atoms with van der Waals surface area (Å²) >= 11 is 0. The average molecular weight is 368 g/mol. The summed E-state index contributed by atoms with van der Waals surface area (Å²) in [5.74, 6) is -0.273. The van der Waals surface area contributed by atoms with Crippen molar-refractivity contribution in [2.75, 3.05) is 6.61 Å². The number of halogens is 4. The minimum absolute atomic E-state index is 0.144. The third kappa shape index (κ3) is 31.5. The topological polar surface area (TPSA) is 30.7 Å². The Bertz CT molecular complexity index is 282. The third-order valence-corrected chi connectivity index (χ3v) is 0.943. The molecule has 8 heteroatoms. The predicted molar refractivity (Wildman–Crippen MR) is 71.7 cm³/mol. The molecular weight excluding hydrogens is 352 g/mol. The van der Waals surface area contributed by atoms with Gasteiger partial charge in [0.1, 0.15) is 0 Å². The molecule has 0 saturated heterocycles. The fraction of sp³-hybridized carbons (Fsp3) is 0.778. The van der Waals surface area contributed by atoms with Crippen LogP contribution in [0.5, 0.6) is 0 Å². The van der Waals surface area contributed by atoms with Crippen molar-refractivity contribution in [3.63, 3.8) is 0 Å². The molecule has 0 aromatic heterocycles. The molecule has 0 spiro atoms. The molecule has 0 bridgehead atoms. The van der Waals surface area contributed by atoms with Gasteiger partial charge in [-0.15, -0.1) is 0 Å². The summed E-state index contributed by atoms with van der Waals surface area (Å²) < 4.78 is 4.70. The van der Waals surface area contributed by atoms with E-state index in [0.29, 0.717) is 6.61 Å². The molecule has 0 saturated carbocycles. The second-order valence-corrected chi connectivity index (χ2v) is 14.7. The van der Waals surface area contributed by atoms with Crippen molar-refractivity contribution in [1.29, 1.82) is 0 Å². The molecule has 0 aliphatic rings. The second kappa shape index (κ2) is 9.55. The van der Waals surface area contributed by atoms with E-state index in [-0.39, 0.29) is 17.9 Å². The Morgan fingerprint density at radius 3 is 2.00 bits per heavy atom. The van der Waals surface area contributed by atoms with Crippen LogP contribution in [0.2, 0.25) is 0 Å². The Kier molecular flexibility index (Phi) is 11.2. The molecule has 0 heterocycles. The Labute approximate surface area is 122 Å². The molecule has 0 fully saturated rings. The van der Waals surface area contributed by atoms with Gasteiger partial charge in [-0.1, -0.05) is 4.85 Å². The standard InChI is InChI=1S/C9H16NO2.4ClH.Fe/c1-5-12-8(11)6-7-10-9(2,3)4;;;;;/h5-6H2,1-4H3;4*1H;/q+1;;;;;+3/p-4. The molecular formula is C9H16Cl4FeNO2. The summed E-state index contributed by atoms with van der Waals surface area (Å²) in [4.78, 5) is 14.8. The van der Waals surface area contributed by atoms with E-state index in [1.807, 2.05) is 20.8 Å². The molecule has 0 amide bonds. The summed E-state index contributed by atoms with van der Waals surface area (Å²) in [6.45, 7) is 8.04. The maximum atomic E-state index is 10.8. The van der Waals surface area contributed by atoms with E-state index < -0.39 is 9.20 Å². The van der Waals surface area contributed by atoms with Crippen molar-refractivity contribution in [1.82, 2.24) is 0 Å². The van der Waals surface area contributed by atoms with E-state index in [2.05, 4.69) is 10.9 Å². The van der Waals surface area contributed by atoms with Crippen LogP contribution in [0.3, 0.4) is 0 Å². The van der Waals surface area contributed by atoms with Crippen LogP contribution in [0.4, 0.5) is 0 Å². The van der Waals surface area contributed by atoms with Crippen LogP contribution in [0.25, 0.3) is 4.85 Å². The number of hydrogen-bond acceptors (Lipinski definition) is 2. The molecule has 17 heavy (non-hydrogen) atoms. The quantitative estimate of drug-likeness (QED) is 0.517. The molecule has 0 rings (SSSR count). The Morgan fingerprint density at radius 1 is 1.29 bits per heavy atom. The van der Waals surface area contributed by atoms with E-state index in [9.17, 15) is 4.79 Å². The van der Waals surface area contributed by atoms with Crippen molar-refractivity contribution in [3.8, 4) is 6.07 Å². The van der Waals surface area contributed by atoms with Crippen molar-refractivity contribution >= 4 is 46.4 Å². The summed E-state index contributed by atoms with van der Waals surface area (Å²) in [6, 6.07) is 2.66. The Hall–Kier alpha value is 0.639. The number of carbonyl (C=O) groups excluding carboxylic acids is 1. The van der Waals surface area contributed by atoms with Crippen molar-refractivity contribution in [2.45, 2.75) is 39.7 Å². The van der Waals surface area contributed by atoms with Crippen LogP contribution in [0.1, 0.15) is 34.1 Å². The molecule has 0 aromatic rings. The number of rotatable bonds is 2. The number of nitrogens with zero attached hydrogens (tertiary/aromatic N) is 1. The first-order valence-electron chi connectivity index (χ1n) is 4.59. The zero-order valence-corrected chi connectivity index (χ0v) is 14.2. The van der Waals surface area contributed by atoms with Crippen LogP contribution in [0.15, 0.2) is 0 Å². The van der Waals surface area contributed by atoms with Gasteiger partial charge in [-0.05, 0) is 6.92 Å². The van der Waals surface area contributed by atoms with Gasteiger partial charge in [0.25, 0.3) is 11.6 Å². The van der Waals surface area contributed by atoms with E-state index in [1.165, 1.54) is 0 Å². The summed E-state index contributed by atoms with van der Waals surface area (Å²) in [5.41, 5.74) is -0.160. The average Bonchev–Trinajstić information content (AvgIpc) is 1.98. The normalized spacial score (nSPS) is 11.5. The van der Waals surface area contributed by atoms with Gasteiger partial charge < -0.3 is 4.74 Å². The first kappa shape index (κ1) is 20.0. The summed E-state index contributed by atoms with van der Waals surface area (Å²) in [6.07, 6.45) is 0.144. The van der Waals surface area contributed by atoms with Gasteiger partial charge in [0.05, 0.1) is 6.61 Å². The summed E-state index contributed by atoms with van der Waals surface area (Å²) in [7, 11) is 17.2. The molecule has 0 aromatic carbocycles. The van der Waals surface area contributed by atoms with Crippen molar-refractivity contribution in [3.05, 3.63) is 4.85 Å². The van der Waals surface area contributed by atoms with Crippen LogP contribution in [-0.2, 0) is 18.7 Å². The fourth-order valence-corrected chi connectivity index (χ4v) is 0.553. The zero-order chi connectivity index (χ0) is 14.1. The van der Waals surface area contributed by atoms with Crippen molar-refractivity contribution in [2.24, 2.45) is 0 Å². The SMILES string of the molecule is CCOC(=O)CC#[N+]C(C)(C)C.[Cl][Fe-]([Cl])([Cl])[Cl]. The van der Waals surface area contributed by atoms with Crippen LogP contribution >= 0.6 is 40.4 Å². The van der Waals surface area contributed by atoms with E-state index >= 15 is 0 Å². The molecule has 0 atom stereocenters. The van der Waals surface area contributed by atoms with Gasteiger partial charge in [0.15, 0.2) is 6.42 Å². The Morgan fingerprint density at radius 2 is 1.71 bits per heavy atom. The molecule has 0 unspecified atom stereocenters. The Balaban J connectivity index is 0. The van der Waals surface area contributed by atoms with Crippen LogP contribution < -0.4 is 0 Å². The van der Waals surface area contributed by atoms with Gasteiger partial charge in [-0.2, -0.15) is 0 Å². The van der Waals surface area contributed by atoms with Gasteiger partial charge >= 0.3 is 55.6 Å². The molecule has 0 N–H and O–H groups in total. The number of carbonyl (C=O) groups is 1. The van der Waals surface area contributed by atoms with Crippen LogP contribution in [0, 0.1) is 6.07 Å². The van der Waals surface area contributed by atoms with Gasteiger partial charge in [0.2, 0.25) is 0 Å². The summed E-state index contributed by atoms with van der Waals surface area (Å²) in [5, 5.41) is 0. The van der Waals surface area contributed by atoms with Crippen LogP contribution in [-0.4, -0.2) is 18.1 Å². The zero-order valence-electron chi connectivity index (χ0n) is 10.0. The first-order chi connectivity index (χ1) is 7.45. The van der Waals surface area contributed by atoms with E-state index in [4.69, 9.17) is 45.1 Å². The number of ether oxygens (including phenoxy) is 1. The number of hydrogen-bond donors (Lipinski definition) is 0. The fourth-order valence-electron chi connectivity index (χ4n) is 0.553. The minimum atomic E-state index is -2.61. The van der Waals surface area contributed by atoms with E-state index in [1.54, 1.807) is 6.92 Å². The molecule has 105 valence electrons. The van der Waals surface area contributed by atoms with Gasteiger partial charge in [-0.3, -0.25) is 4.79 Å². The van der Waals surface area contributed by atoms with E-state index in [0.717, 1.165) is 0 Å². The molecule has 0 aliphatic carbocycles. The number of esters is 1. The first-order valence-corrected chi connectivity index (χ1v) is 10.7. The monoisotopic (exact) mass is 366 g/mol. The molecule has 0 radical (unpaired) electrons. The second-order valence-electron chi connectivity index (χ2n) is 3.73. The third-order valence-electron chi connectivity index (χ3n) is 0.943. The van der Waals surface area contributed by atoms with Crippen molar-refractivity contribution < 1.29 is 18.7 Å².